The maximum absolute atomic E-state index is 4.57. The fraction of sp³-hybridized carbons (Fsp3) is 0.469. The van der Waals surface area contributed by atoms with E-state index in [9.17, 15) is 0 Å². The molecule has 0 saturated heterocycles. The molecule has 0 amide bonds. The molecule has 3 nitrogen and oxygen atoms in total. The Morgan fingerprint density at radius 1 is 1.08 bits per heavy atom. The minimum Gasteiger partial charge on any atom is -0.366 e. The van der Waals surface area contributed by atoms with Crippen LogP contribution >= 0.6 is 11.8 Å². The van der Waals surface area contributed by atoms with Crippen molar-refractivity contribution in [3.63, 3.8) is 0 Å². The van der Waals surface area contributed by atoms with Crippen LogP contribution in [0.25, 0.3) is 4.91 Å². The van der Waals surface area contributed by atoms with E-state index in [-0.39, 0.29) is 0 Å². The summed E-state index contributed by atoms with van der Waals surface area (Å²) >= 11 is 1.87. The van der Waals surface area contributed by atoms with Crippen molar-refractivity contribution in [3.8, 4) is 0 Å². The number of hydrogen-bond acceptors (Lipinski definition) is 3. The van der Waals surface area contributed by atoms with Crippen molar-refractivity contribution in [1.29, 1.82) is 0 Å². The maximum atomic E-state index is 4.57. The average molecular weight is 502 g/mol. The lowest BCUT2D eigenvalue weighted by molar-refractivity contribution is 0.549. The summed E-state index contributed by atoms with van der Waals surface area (Å²) in [5.74, 6) is 0.662. The predicted molar refractivity (Wildman–Crippen MR) is 159 cm³/mol. The summed E-state index contributed by atoms with van der Waals surface area (Å²) in [6.45, 7) is 13.1. The van der Waals surface area contributed by atoms with Gasteiger partial charge < -0.3 is 10.2 Å². The molecule has 1 aliphatic heterocycles. The molecule has 1 atom stereocenters. The molecule has 2 aromatic rings. The van der Waals surface area contributed by atoms with Gasteiger partial charge in [-0.15, -0.1) is 0 Å². The van der Waals surface area contributed by atoms with Gasteiger partial charge in [-0.1, -0.05) is 55.4 Å². The third-order valence-electron chi connectivity index (χ3n) is 7.74. The molecule has 0 spiro atoms. The molecular formula is C32H43N3S. The van der Waals surface area contributed by atoms with E-state index in [1.54, 1.807) is 11.1 Å². The summed E-state index contributed by atoms with van der Waals surface area (Å²) in [6, 6.07) is 11.9. The third-order valence-corrected chi connectivity index (χ3v) is 8.92. The smallest absolute Gasteiger partial charge is 0.0847 e. The first-order chi connectivity index (χ1) is 17.4. The maximum Gasteiger partial charge on any atom is 0.0847 e. The zero-order valence-corrected chi connectivity index (χ0v) is 23.9. The normalized spacial score (nSPS) is 18.1. The van der Waals surface area contributed by atoms with Crippen molar-refractivity contribution in [3.05, 3.63) is 86.1 Å². The van der Waals surface area contributed by atoms with Crippen LogP contribution in [0.15, 0.2) is 52.1 Å². The van der Waals surface area contributed by atoms with Gasteiger partial charge in [-0.05, 0) is 104 Å². The van der Waals surface area contributed by atoms with Gasteiger partial charge in [0, 0.05) is 42.9 Å². The zero-order valence-electron chi connectivity index (χ0n) is 23.1. The topological polar surface area (TPSA) is 27.6 Å². The van der Waals surface area contributed by atoms with Crippen molar-refractivity contribution < 1.29 is 0 Å². The number of benzene rings is 2. The second-order valence-corrected chi connectivity index (χ2v) is 11.5. The van der Waals surface area contributed by atoms with Gasteiger partial charge in [-0.2, -0.15) is 0 Å². The molecule has 4 heteroatoms. The van der Waals surface area contributed by atoms with Crippen LogP contribution in [0.3, 0.4) is 0 Å². The molecule has 0 bridgehead atoms. The number of nitrogens with zero attached hydrogens (tertiary/aromatic N) is 2. The van der Waals surface area contributed by atoms with Crippen LogP contribution in [0.5, 0.6) is 0 Å². The van der Waals surface area contributed by atoms with Gasteiger partial charge in [-0.3, -0.25) is 4.99 Å². The number of thioether (sulfide) groups is 1. The highest BCUT2D eigenvalue weighted by Gasteiger charge is 2.19. The van der Waals surface area contributed by atoms with Crippen molar-refractivity contribution in [2.75, 3.05) is 20.1 Å². The molecule has 1 aliphatic carbocycles. The summed E-state index contributed by atoms with van der Waals surface area (Å²) in [5, 5.41) is 6.05. The molecule has 36 heavy (non-hydrogen) atoms. The van der Waals surface area contributed by atoms with Crippen molar-refractivity contribution in [2.24, 2.45) is 4.99 Å². The van der Waals surface area contributed by atoms with Crippen LogP contribution in [-0.4, -0.2) is 31.4 Å². The van der Waals surface area contributed by atoms with Gasteiger partial charge in [0.25, 0.3) is 0 Å². The van der Waals surface area contributed by atoms with E-state index in [1.807, 2.05) is 18.1 Å². The Hall–Kier alpha value is -2.46. The predicted octanol–water partition coefficient (Wildman–Crippen LogP) is 7.76. The Morgan fingerprint density at radius 2 is 1.86 bits per heavy atom. The SMILES string of the molecule is CCN(C)C=NCCc1cc(C)c(CC2=CSC(c3ccc4c(c3)C(C)CCCC4)=C(C)N2)cc1C. The van der Waals surface area contributed by atoms with E-state index in [4.69, 9.17) is 0 Å². The first-order valence-corrected chi connectivity index (χ1v) is 14.5. The quantitative estimate of drug-likeness (QED) is 0.227. The van der Waals surface area contributed by atoms with E-state index >= 15 is 0 Å². The molecule has 1 N–H and O–H groups in total. The molecule has 0 aromatic heterocycles. The van der Waals surface area contributed by atoms with E-state index in [2.05, 4.69) is 92.6 Å². The molecule has 1 unspecified atom stereocenters. The lowest BCUT2D eigenvalue weighted by Gasteiger charge is -2.23. The number of fused-ring (bicyclic) bond motifs is 1. The van der Waals surface area contributed by atoms with E-state index in [0.29, 0.717) is 5.92 Å². The van der Waals surface area contributed by atoms with Crippen LogP contribution in [0.2, 0.25) is 0 Å². The summed E-state index contributed by atoms with van der Waals surface area (Å²) < 4.78 is 0. The number of aryl methyl sites for hydroxylation is 3. The number of aliphatic imine (C=N–C) groups is 1. The second-order valence-electron chi connectivity index (χ2n) is 10.6. The monoisotopic (exact) mass is 501 g/mol. The Kier molecular flexibility index (Phi) is 9.00. The van der Waals surface area contributed by atoms with Crippen LogP contribution in [-0.2, 0) is 19.3 Å². The molecule has 2 aliphatic rings. The summed E-state index contributed by atoms with van der Waals surface area (Å²) in [7, 11) is 2.06. The van der Waals surface area contributed by atoms with E-state index in [0.717, 1.165) is 25.9 Å². The van der Waals surface area contributed by atoms with Gasteiger partial charge in [0.1, 0.15) is 0 Å². The largest absolute Gasteiger partial charge is 0.366 e. The summed E-state index contributed by atoms with van der Waals surface area (Å²) in [6.07, 6.45) is 9.09. The van der Waals surface area contributed by atoms with Crippen LogP contribution in [0.1, 0.15) is 84.9 Å². The third kappa shape index (κ3) is 6.45. The number of rotatable bonds is 8. The molecule has 0 radical (unpaired) electrons. The molecule has 2 aromatic carbocycles. The van der Waals surface area contributed by atoms with Gasteiger partial charge in [-0.25, -0.2) is 0 Å². The van der Waals surface area contributed by atoms with Crippen LogP contribution < -0.4 is 5.32 Å². The Morgan fingerprint density at radius 3 is 2.64 bits per heavy atom. The highest BCUT2D eigenvalue weighted by atomic mass is 32.2. The number of nitrogens with one attached hydrogen (secondary N) is 1. The van der Waals surface area contributed by atoms with E-state index in [1.165, 1.54) is 69.8 Å². The average Bonchev–Trinajstić information content (AvgIpc) is 3.05. The minimum atomic E-state index is 0.662. The fourth-order valence-corrected chi connectivity index (χ4v) is 6.22. The summed E-state index contributed by atoms with van der Waals surface area (Å²) in [5.41, 5.74) is 12.6. The molecular weight excluding hydrogens is 458 g/mol. The summed E-state index contributed by atoms with van der Waals surface area (Å²) in [4.78, 5) is 8.04. The minimum absolute atomic E-state index is 0.662. The fourth-order valence-electron chi connectivity index (χ4n) is 5.32. The first kappa shape index (κ1) is 26.6. The number of allylic oxidation sites excluding steroid dienone is 2. The lowest BCUT2D eigenvalue weighted by atomic mass is 9.92. The van der Waals surface area contributed by atoms with Crippen molar-refractivity contribution in [1.82, 2.24) is 10.2 Å². The number of hydrogen-bond donors (Lipinski definition) is 1. The van der Waals surface area contributed by atoms with Crippen LogP contribution in [0.4, 0.5) is 0 Å². The molecule has 0 saturated carbocycles. The molecule has 1 heterocycles. The van der Waals surface area contributed by atoms with Gasteiger partial charge in [0.05, 0.1) is 6.34 Å². The van der Waals surface area contributed by atoms with Crippen molar-refractivity contribution in [2.45, 2.75) is 79.1 Å². The zero-order chi connectivity index (χ0) is 25.7. The van der Waals surface area contributed by atoms with Crippen LogP contribution in [0, 0.1) is 13.8 Å². The van der Waals surface area contributed by atoms with E-state index < -0.39 is 0 Å². The van der Waals surface area contributed by atoms with Gasteiger partial charge in [0.15, 0.2) is 0 Å². The molecule has 0 fully saturated rings. The van der Waals surface area contributed by atoms with Gasteiger partial charge >= 0.3 is 0 Å². The Bertz CT molecular complexity index is 1170. The Balaban J connectivity index is 1.42. The molecule has 4 rings (SSSR count). The standard InChI is InChI=1S/C32H43N3S/c1-7-35(6)21-33-15-14-27-16-24(4)29(17-23(27)3)18-30-20-36-32(25(5)34-30)28-13-12-26-11-9-8-10-22(2)31(26)19-28/h12-13,16-17,19-22,34H,7-11,14-15,18H2,1-6H3. The van der Waals surface area contributed by atoms with Gasteiger partial charge in [0.2, 0.25) is 0 Å². The highest BCUT2D eigenvalue weighted by Crippen LogP contribution is 2.39. The molecule has 192 valence electrons. The lowest BCUT2D eigenvalue weighted by Crippen LogP contribution is -2.17. The highest BCUT2D eigenvalue weighted by molar-refractivity contribution is 8.11. The Labute approximate surface area is 223 Å². The second kappa shape index (κ2) is 12.2. The first-order valence-electron chi connectivity index (χ1n) is 13.6. The van der Waals surface area contributed by atoms with Crippen molar-refractivity contribution >= 4 is 23.0 Å².